The van der Waals surface area contributed by atoms with Gasteiger partial charge in [0.25, 0.3) is 0 Å². The molecule has 0 radical (unpaired) electrons. The van der Waals surface area contributed by atoms with Crippen LogP contribution in [-0.2, 0) is 22.4 Å². The van der Waals surface area contributed by atoms with Gasteiger partial charge in [0.2, 0.25) is 11.7 Å². The van der Waals surface area contributed by atoms with Crippen LogP contribution in [0.4, 0.5) is 5.00 Å². The third kappa shape index (κ3) is 4.25. The summed E-state index contributed by atoms with van der Waals surface area (Å²) in [6, 6.07) is 6.65. The number of hydrogen-bond acceptors (Lipinski definition) is 6. The summed E-state index contributed by atoms with van der Waals surface area (Å²) in [7, 11) is 1.55. The summed E-state index contributed by atoms with van der Waals surface area (Å²) in [6.07, 6.45) is 2.78. The van der Waals surface area contributed by atoms with Crippen molar-refractivity contribution in [1.82, 2.24) is 0 Å². The van der Waals surface area contributed by atoms with Crippen molar-refractivity contribution in [3.05, 3.63) is 45.8 Å². The molecule has 0 saturated carbocycles. The van der Waals surface area contributed by atoms with E-state index < -0.39 is 12.1 Å². The van der Waals surface area contributed by atoms with Crippen LogP contribution in [0.5, 0.6) is 5.75 Å². The highest BCUT2D eigenvalue weighted by Crippen LogP contribution is 2.38. The summed E-state index contributed by atoms with van der Waals surface area (Å²) in [5.74, 6) is -0.459. The van der Waals surface area contributed by atoms with E-state index >= 15 is 0 Å². The smallest absolute Gasteiger partial charge is 0.342 e. The molecule has 1 heterocycles. The summed E-state index contributed by atoms with van der Waals surface area (Å²) in [6.45, 7) is 2.96. The molecule has 148 valence electrons. The van der Waals surface area contributed by atoms with Gasteiger partial charge in [0.05, 0.1) is 12.7 Å². The fraction of sp³-hybridized carbons (Fsp3) is 0.381. The number of nitrogens with one attached hydrogen (secondary N) is 1. The van der Waals surface area contributed by atoms with Crippen molar-refractivity contribution in [3.8, 4) is 5.75 Å². The number of esters is 1. The molecule has 6 nitrogen and oxygen atoms in total. The zero-order valence-corrected chi connectivity index (χ0v) is 17.0. The molecule has 1 aromatic heterocycles. The van der Waals surface area contributed by atoms with Crippen molar-refractivity contribution in [2.24, 2.45) is 0 Å². The minimum Gasteiger partial charge on any atom is -0.497 e. The highest BCUT2D eigenvalue weighted by molar-refractivity contribution is 7.17. The van der Waals surface area contributed by atoms with Gasteiger partial charge in [-0.2, -0.15) is 0 Å². The number of Topliss-reactive ketones (excluding diaryl/α,β-unsaturated/α-hetero) is 1. The molecule has 1 N–H and O–H groups in total. The average Bonchev–Trinajstić information content (AvgIpc) is 3.04. The van der Waals surface area contributed by atoms with E-state index in [-0.39, 0.29) is 11.7 Å². The van der Waals surface area contributed by atoms with Gasteiger partial charge in [-0.3, -0.25) is 9.59 Å². The summed E-state index contributed by atoms with van der Waals surface area (Å²) >= 11 is 1.42. The van der Waals surface area contributed by atoms with Gasteiger partial charge < -0.3 is 14.8 Å². The Labute approximate surface area is 167 Å². The van der Waals surface area contributed by atoms with Gasteiger partial charge in [0.1, 0.15) is 10.8 Å². The lowest BCUT2D eigenvalue weighted by molar-refractivity contribution is -0.114. The Morgan fingerprint density at radius 2 is 1.79 bits per heavy atom. The Bertz CT molecular complexity index is 900. The highest BCUT2D eigenvalue weighted by atomic mass is 32.1. The number of anilines is 1. The maximum atomic E-state index is 12.9. The first-order chi connectivity index (χ1) is 13.4. The van der Waals surface area contributed by atoms with E-state index in [0.717, 1.165) is 36.1 Å². The van der Waals surface area contributed by atoms with Crippen LogP contribution >= 0.6 is 11.3 Å². The van der Waals surface area contributed by atoms with E-state index in [1.54, 1.807) is 38.3 Å². The molecule has 0 unspecified atom stereocenters. The molecule has 28 heavy (non-hydrogen) atoms. The van der Waals surface area contributed by atoms with Crippen LogP contribution in [0.15, 0.2) is 24.3 Å². The standard InChI is InChI=1S/C21H23NO5S/c1-12(19(24)14-8-10-15(26-3)11-9-14)27-21(25)18-16-6-4-5-7-17(16)28-20(18)22-13(2)23/h8-12H,4-7H2,1-3H3,(H,22,23)/t12-/m1/s1. The summed E-state index contributed by atoms with van der Waals surface area (Å²) in [5.41, 5.74) is 1.77. The first-order valence-corrected chi connectivity index (χ1v) is 10.0. The van der Waals surface area contributed by atoms with Gasteiger partial charge in [0, 0.05) is 17.4 Å². The topological polar surface area (TPSA) is 81.7 Å². The molecule has 1 aliphatic rings. The van der Waals surface area contributed by atoms with Gasteiger partial charge in [-0.05, 0) is 62.4 Å². The minimum atomic E-state index is -0.940. The number of ketones is 1. The predicted molar refractivity (Wildman–Crippen MR) is 107 cm³/mol. The van der Waals surface area contributed by atoms with E-state index in [0.29, 0.717) is 21.9 Å². The Hall–Kier alpha value is -2.67. The summed E-state index contributed by atoms with van der Waals surface area (Å²) in [4.78, 5) is 38.2. The lowest BCUT2D eigenvalue weighted by Gasteiger charge is -2.16. The first kappa shape index (κ1) is 20.1. The first-order valence-electron chi connectivity index (χ1n) is 9.22. The van der Waals surface area contributed by atoms with Crippen molar-refractivity contribution in [3.63, 3.8) is 0 Å². The van der Waals surface area contributed by atoms with Crippen molar-refractivity contribution in [2.45, 2.75) is 45.6 Å². The molecule has 1 aliphatic carbocycles. The van der Waals surface area contributed by atoms with E-state index in [2.05, 4.69) is 5.32 Å². The van der Waals surface area contributed by atoms with E-state index in [1.165, 1.54) is 18.3 Å². The SMILES string of the molecule is COc1ccc(C(=O)[C@@H](C)OC(=O)c2c(NC(C)=O)sc3c2CCCC3)cc1. The number of hydrogen-bond donors (Lipinski definition) is 1. The third-order valence-corrected chi connectivity index (χ3v) is 5.90. The molecule has 7 heteroatoms. The van der Waals surface area contributed by atoms with Crippen molar-refractivity contribution >= 4 is 34.0 Å². The van der Waals surface area contributed by atoms with Crippen molar-refractivity contribution < 1.29 is 23.9 Å². The van der Waals surface area contributed by atoms with Crippen LogP contribution in [0.1, 0.15) is 57.8 Å². The molecule has 1 atom stereocenters. The highest BCUT2D eigenvalue weighted by Gasteiger charge is 2.29. The Morgan fingerprint density at radius 3 is 2.43 bits per heavy atom. The summed E-state index contributed by atoms with van der Waals surface area (Å²) < 4.78 is 10.6. The van der Waals surface area contributed by atoms with Crippen LogP contribution in [0.2, 0.25) is 0 Å². The molecule has 0 aliphatic heterocycles. The maximum Gasteiger partial charge on any atom is 0.342 e. The molecule has 3 rings (SSSR count). The van der Waals surface area contributed by atoms with Crippen LogP contribution in [0.3, 0.4) is 0 Å². The lowest BCUT2D eigenvalue weighted by Crippen LogP contribution is -2.25. The number of carbonyl (C=O) groups excluding carboxylic acids is 3. The number of methoxy groups -OCH3 is 1. The van der Waals surface area contributed by atoms with E-state index in [1.807, 2.05) is 0 Å². The normalized spacial score (nSPS) is 14.0. The minimum absolute atomic E-state index is 0.241. The monoisotopic (exact) mass is 401 g/mol. The number of aryl methyl sites for hydroxylation is 1. The van der Waals surface area contributed by atoms with Crippen LogP contribution in [-0.4, -0.2) is 30.9 Å². The second-order valence-electron chi connectivity index (χ2n) is 6.74. The fourth-order valence-electron chi connectivity index (χ4n) is 3.29. The van der Waals surface area contributed by atoms with Crippen LogP contribution in [0, 0.1) is 0 Å². The molecule has 0 spiro atoms. The van der Waals surface area contributed by atoms with Gasteiger partial charge in [-0.1, -0.05) is 0 Å². The lowest BCUT2D eigenvalue weighted by atomic mass is 9.95. The number of thiophene rings is 1. The Morgan fingerprint density at radius 1 is 1.11 bits per heavy atom. The largest absolute Gasteiger partial charge is 0.497 e. The summed E-state index contributed by atoms with van der Waals surface area (Å²) in [5, 5.41) is 3.25. The molecule has 0 fully saturated rings. The maximum absolute atomic E-state index is 12.9. The zero-order valence-electron chi connectivity index (χ0n) is 16.2. The molecule has 0 bridgehead atoms. The van der Waals surface area contributed by atoms with E-state index in [9.17, 15) is 14.4 Å². The second-order valence-corrected chi connectivity index (χ2v) is 7.84. The van der Waals surface area contributed by atoms with Crippen molar-refractivity contribution in [1.29, 1.82) is 0 Å². The molecule has 1 aromatic carbocycles. The van der Waals surface area contributed by atoms with Crippen LogP contribution < -0.4 is 10.1 Å². The Kier molecular flexibility index (Phi) is 6.14. The zero-order chi connectivity index (χ0) is 20.3. The molecule has 2 aromatic rings. The number of carbonyl (C=O) groups is 3. The number of amides is 1. The second kappa shape index (κ2) is 8.56. The van der Waals surface area contributed by atoms with Gasteiger partial charge in [0.15, 0.2) is 6.10 Å². The Balaban J connectivity index is 1.80. The quantitative estimate of drug-likeness (QED) is 0.584. The number of ether oxygens (including phenoxy) is 2. The number of rotatable bonds is 6. The van der Waals surface area contributed by atoms with Gasteiger partial charge >= 0.3 is 5.97 Å². The molecule has 1 amide bonds. The molecule has 0 saturated heterocycles. The predicted octanol–water partition coefficient (Wildman–Crippen LogP) is 4.02. The van der Waals surface area contributed by atoms with Crippen LogP contribution in [0.25, 0.3) is 0 Å². The van der Waals surface area contributed by atoms with E-state index in [4.69, 9.17) is 9.47 Å². The number of fused-ring (bicyclic) bond motifs is 1. The molecular weight excluding hydrogens is 378 g/mol. The third-order valence-electron chi connectivity index (χ3n) is 4.69. The number of benzene rings is 1. The van der Waals surface area contributed by atoms with Gasteiger partial charge in [-0.15, -0.1) is 11.3 Å². The van der Waals surface area contributed by atoms with Crippen molar-refractivity contribution in [2.75, 3.05) is 12.4 Å². The fourth-order valence-corrected chi connectivity index (χ4v) is 4.62. The van der Waals surface area contributed by atoms with Gasteiger partial charge in [-0.25, -0.2) is 4.79 Å². The molecular formula is C21H23NO5S. The average molecular weight is 401 g/mol.